The molecule has 5 heteroatoms. The second-order valence-corrected chi connectivity index (χ2v) is 6.02. The van der Waals surface area contributed by atoms with Crippen molar-refractivity contribution >= 4 is 27.7 Å². The standard InChI is InChI=1S/C14H25BrN2O2/c1-16-11-14(19)17(12-13(16)18)10-8-6-4-2-3-5-7-9-15/h2-12H2,1H3. The van der Waals surface area contributed by atoms with Crippen LogP contribution in [0.2, 0.25) is 0 Å². The van der Waals surface area contributed by atoms with Gasteiger partial charge in [0, 0.05) is 18.9 Å². The maximum atomic E-state index is 11.7. The van der Waals surface area contributed by atoms with Crippen LogP contribution in [-0.2, 0) is 9.59 Å². The topological polar surface area (TPSA) is 40.6 Å². The molecule has 0 aromatic rings. The molecule has 110 valence electrons. The van der Waals surface area contributed by atoms with Crippen LogP contribution in [0.5, 0.6) is 0 Å². The zero-order valence-electron chi connectivity index (χ0n) is 11.9. The van der Waals surface area contributed by atoms with Gasteiger partial charge in [-0.1, -0.05) is 48.0 Å². The first-order valence-electron chi connectivity index (χ1n) is 7.23. The first kappa shape index (κ1) is 16.5. The summed E-state index contributed by atoms with van der Waals surface area (Å²) in [5.74, 6) is 0.133. The van der Waals surface area contributed by atoms with Crippen molar-refractivity contribution in [3.8, 4) is 0 Å². The van der Waals surface area contributed by atoms with Gasteiger partial charge in [0.05, 0.1) is 13.1 Å². The van der Waals surface area contributed by atoms with E-state index in [9.17, 15) is 9.59 Å². The molecule has 0 bridgehead atoms. The molecule has 1 aliphatic heterocycles. The molecule has 1 fully saturated rings. The van der Waals surface area contributed by atoms with Crippen molar-refractivity contribution in [2.45, 2.75) is 44.9 Å². The molecule has 0 unspecified atom stereocenters. The minimum atomic E-state index is 0.0503. The van der Waals surface area contributed by atoms with E-state index in [4.69, 9.17) is 0 Å². The van der Waals surface area contributed by atoms with Crippen LogP contribution in [-0.4, -0.2) is 53.6 Å². The van der Waals surface area contributed by atoms with Crippen molar-refractivity contribution in [1.29, 1.82) is 0 Å². The average Bonchev–Trinajstić information content (AvgIpc) is 2.38. The predicted octanol–water partition coefficient (Wildman–Crippen LogP) is 2.41. The Morgan fingerprint density at radius 2 is 1.47 bits per heavy atom. The number of unbranched alkanes of at least 4 members (excludes halogenated alkanes) is 6. The summed E-state index contributed by atoms with van der Waals surface area (Å²) in [6.45, 7) is 1.24. The highest BCUT2D eigenvalue weighted by molar-refractivity contribution is 9.09. The largest absolute Gasteiger partial charge is 0.335 e. The SMILES string of the molecule is CN1CC(=O)N(CCCCCCCCCBr)CC1=O. The van der Waals surface area contributed by atoms with E-state index in [1.165, 1.54) is 37.0 Å². The predicted molar refractivity (Wildman–Crippen MR) is 80.3 cm³/mol. The Bertz CT molecular complexity index is 297. The molecule has 0 N–H and O–H groups in total. The molecule has 4 nitrogen and oxygen atoms in total. The molecule has 0 aliphatic carbocycles. The number of rotatable bonds is 9. The van der Waals surface area contributed by atoms with E-state index in [0.29, 0.717) is 0 Å². The lowest BCUT2D eigenvalue weighted by Crippen LogP contribution is -2.52. The molecule has 2 amide bonds. The van der Waals surface area contributed by atoms with Crippen molar-refractivity contribution < 1.29 is 9.59 Å². The third-order valence-corrected chi connectivity index (χ3v) is 4.10. The van der Waals surface area contributed by atoms with Crippen LogP contribution < -0.4 is 0 Å². The molecule has 1 heterocycles. The summed E-state index contributed by atoms with van der Waals surface area (Å²) in [4.78, 5) is 26.4. The second kappa shape index (κ2) is 9.34. The van der Waals surface area contributed by atoms with Gasteiger partial charge in [-0.2, -0.15) is 0 Å². The van der Waals surface area contributed by atoms with Crippen LogP contribution in [0.15, 0.2) is 0 Å². The van der Waals surface area contributed by atoms with Crippen LogP contribution >= 0.6 is 15.9 Å². The van der Waals surface area contributed by atoms with Crippen molar-refractivity contribution in [2.75, 3.05) is 32.0 Å². The van der Waals surface area contributed by atoms with Gasteiger partial charge in [0.1, 0.15) is 0 Å². The lowest BCUT2D eigenvalue weighted by Gasteiger charge is -2.31. The van der Waals surface area contributed by atoms with Gasteiger partial charge in [-0.15, -0.1) is 0 Å². The Morgan fingerprint density at radius 3 is 2.11 bits per heavy atom. The first-order valence-corrected chi connectivity index (χ1v) is 8.35. The number of hydrogen-bond donors (Lipinski definition) is 0. The minimum absolute atomic E-state index is 0.0503. The Morgan fingerprint density at radius 1 is 0.895 bits per heavy atom. The summed E-state index contributed by atoms with van der Waals surface area (Å²) in [6, 6.07) is 0. The number of halogens is 1. The van der Waals surface area contributed by atoms with Gasteiger partial charge in [-0.3, -0.25) is 9.59 Å². The van der Waals surface area contributed by atoms with Gasteiger partial charge in [-0.05, 0) is 12.8 Å². The zero-order chi connectivity index (χ0) is 14.1. The third kappa shape index (κ3) is 6.41. The molecule has 0 atom stereocenters. The summed E-state index contributed by atoms with van der Waals surface area (Å²) in [6.07, 6.45) is 8.55. The van der Waals surface area contributed by atoms with Crippen LogP contribution in [0, 0.1) is 0 Å². The monoisotopic (exact) mass is 332 g/mol. The zero-order valence-corrected chi connectivity index (χ0v) is 13.5. The van der Waals surface area contributed by atoms with Crippen LogP contribution in [0.4, 0.5) is 0 Å². The summed E-state index contributed by atoms with van der Waals surface area (Å²) >= 11 is 3.43. The number of nitrogens with zero attached hydrogens (tertiary/aromatic N) is 2. The third-order valence-electron chi connectivity index (χ3n) is 3.54. The average molecular weight is 333 g/mol. The van der Waals surface area contributed by atoms with Crippen LogP contribution in [0.25, 0.3) is 0 Å². The van der Waals surface area contributed by atoms with E-state index >= 15 is 0 Å². The Balaban J connectivity index is 2.03. The molecule has 1 rings (SSSR count). The summed E-state index contributed by atoms with van der Waals surface area (Å²) in [7, 11) is 1.69. The van der Waals surface area contributed by atoms with E-state index in [0.717, 1.165) is 24.7 Å². The van der Waals surface area contributed by atoms with Gasteiger partial charge < -0.3 is 9.80 Å². The van der Waals surface area contributed by atoms with E-state index in [-0.39, 0.29) is 24.9 Å². The molecule has 0 aromatic carbocycles. The fraction of sp³-hybridized carbons (Fsp3) is 0.857. The highest BCUT2D eigenvalue weighted by Gasteiger charge is 2.26. The summed E-state index contributed by atoms with van der Waals surface area (Å²) in [5.41, 5.74) is 0. The van der Waals surface area contributed by atoms with E-state index in [2.05, 4.69) is 15.9 Å². The first-order chi connectivity index (χ1) is 9.15. The highest BCUT2D eigenvalue weighted by atomic mass is 79.9. The van der Waals surface area contributed by atoms with Crippen molar-refractivity contribution in [1.82, 2.24) is 9.80 Å². The van der Waals surface area contributed by atoms with Crippen molar-refractivity contribution in [3.63, 3.8) is 0 Å². The quantitative estimate of drug-likeness (QED) is 0.480. The maximum Gasteiger partial charge on any atom is 0.242 e. The van der Waals surface area contributed by atoms with E-state index in [1.807, 2.05) is 0 Å². The molecule has 0 radical (unpaired) electrons. The summed E-state index contributed by atoms with van der Waals surface area (Å²) < 4.78 is 0. The van der Waals surface area contributed by atoms with Crippen LogP contribution in [0.3, 0.4) is 0 Å². The highest BCUT2D eigenvalue weighted by Crippen LogP contribution is 2.10. The number of piperazine rings is 1. The Kier molecular flexibility index (Phi) is 8.10. The fourth-order valence-corrected chi connectivity index (χ4v) is 2.64. The molecule has 0 saturated carbocycles. The number of carbonyl (C=O) groups is 2. The number of hydrogen-bond acceptors (Lipinski definition) is 2. The normalized spacial score (nSPS) is 16.3. The Labute approximate surface area is 124 Å². The minimum Gasteiger partial charge on any atom is -0.335 e. The number of alkyl halides is 1. The molecular weight excluding hydrogens is 308 g/mol. The number of amides is 2. The second-order valence-electron chi connectivity index (χ2n) is 5.23. The van der Waals surface area contributed by atoms with Crippen molar-refractivity contribution in [2.24, 2.45) is 0 Å². The van der Waals surface area contributed by atoms with Gasteiger partial charge >= 0.3 is 0 Å². The van der Waals surface area contributed by atoms with Gasteiger partial charge in [-0.25, -0.2) is 0 Å². The smallest absolute Gasteiger partial charge is 0.242 e. The molecule has 1 aliphatic rings. The lowest BCUT2D eigenvalue weighted by atomic mass is 10.1. The molecule has 0 spiro atoms. The van der Waals surface area contributed by atoms with Gasteiger partial charge in [0.2, 0.25) is 11.8 Å². The van der Waals surface area contributed by atoms with Crippen molar-refractivity contribution in [3.05, 3.63) is 0 Å². The van der Waals surface area contributed by atoms with Gasteiger partial charge in [0.25, 0.3) is 0 Å². The Hall–Kier alpha value is -0.580. The van der Waals surface area contributed by atoms with Gasteiger partial charge in [0.15, 0.2) is 0 Å². The number of likely N-dealkylation sites (N-methyl/N-ethyl adjacent to an activating group) is 1. The molecule has 19 heavy (non-hydrogen) atoms. The fourth-order valence-electron chi connectivity index (χ4n) is 2.25. The number of carbonyl (C=O) groups excluding carboxylic acids is 2. The van der Waals surface area contributed by atoms with E-state index < -0.39 is 0 Å². The van der Waals surface area contributed by atoms with Crippen LogP contribution in [0.1, 0.15) is 44.9 Å². The molecular formula is C14H25BrN2O2. The summed E-state index contributed by atoms with van der Waals surface area (Å²) in [5, 5.41) is 1.10. The van der Waals surface area contributed by atoms with E-state index in [1.54, 1.807) is 11.9 Å². The maximum absolute atomic E-state index is 11.7. The molecule has 0 aromatic heterocycles. The lowest BCUT2D eigenvalue weighted by molar-refractivity contribution is -0.148. The molecule has 1 saturated heterocycles.